The van der Waals surface area contributed by atoms with Crippen molar-refractivity contribution in [2.24, 2.45) is 11.3 Å². The van der Waals surface area contributed by atoms with Gasteiger partial charge >= 0.3 is 0 Å². The largest absolute Gasteiger partial charge is 0.366 e. The van der Waals surface area contributed by atoms with Crippen LogP contribution in [-0.2, 0) is 29.4 Å². The third-order valence-corrected chi connectivity index (χ3v) is 18.3. The van der Waals surface area contributed by atoms with Gasteiger partial charge in [-0.25, -0.2) is 19.3 Å². The minimum atomic E-state index is -0.796. The van der Waals surface area contributed by atoms with Gasteiger partial charge in [0.25, 0.3) is 0 Å². The standard InChI is InChI=1S/C56H70FN11O5/c1-34(2)67-33-59-45-30-44(61-50(49(45)67)60-39-8-9-39)36-6-11-43-46(27-36)68(41-28-40(29-41)66-20-4-5-38(57)32-66)54(73)56(43)18-25-65(26-19-56)53(72)55(3)16-23-64(24-17-55)52(71)35-14-21-63(22-15-35)47-12-7-37(31-58-47)42-10-13-48(69)62-51(42)70/h6-7,11-12,27,30-31,33-35,38-42H,4-5,8-10,13-26,28-29,32H2,1-3H3,(H,60,61)(H,62,69,70)/t38-,40?,41?,42?/m1/s1. The van der Waals surface area contributed by atoms with Crippen LogP contribution in [0.5, 0.6) is 0 Å². The summed E-state index contributed by atoms with van der Waals surface area (Å²) in [5, 5.41) is 6.11. The quantitative estimate of drug-likeness (QED) is 0.159. The fourth-order valence-electron chi connectivity index (χ4n) is 13.4. The predicted molar refractivity (Wildman–Crippen MR) is 276 cm³/mol. The van der Waals surface area contributed by atoms with Gasteiger partial charge in [-0.2, -0.15) is 0 Å². The average molecular weight is 996 g/mol. The van der Waals surface area contributed by atoms with Crippen LogP contribution in [0.2, 0.25) is 0 Å². The fraction of sp³-hybridized carbons (Fsp3) is 0.607. The molecule has 3 aromatic heterocycles. The Morgan fingerprint density at radius 1 is 0.836 bits per heavy atom. The predicted octanol–water partition coefficient (Wildman–Crippen LogP) is 6.89. The molecule has 1 aromatic carbocycles. The summed E-state index contributed by atoms with van der Waals surface area (Å²) in [6, 6.07) is 13.2. The van der Waals surface area contributed by atoms with E-state index in [4.69, 9.17) is 9.97 Å². The maximum absolute atomic E-state index is 15.3. The van der Waals surface area contributed by atoms with E-state index >= 15 is 4.79 Å². The molecular weight excluding hydrogens is 926 g/mol. The number of likely N-dealkylation sites (tertiary alicyclic amines) is 3. The van der Waals surface area contributed by atoms with Crippen molar-refractivity contribution in [1.29, 1.82) is 0 Å². The molecule has 1 unspecified atom stereocenters. The molecule has 5 saturated heterocycles. The van der Waals surface area contributed by atoms with Crippen molar-refractivity contribution in [3.05, 3.63) is 60.0 Å². The number of piperidine rings is 5. The SMILES string of the molecule is CC(C)n1cnc2cc(-c3ccc4c(c3)N(C3CC(N5CCC[C@@H](F)C5)C3)C(=O)C43CCN(C(=O)C4(C)CCN(C(=O)C5CCN(c6ccc(C7CCC(=O)NC7=O)cn6)CC5)CC4)CC3)nc(NC3CC3)c21. The van der Waals surface area contributed by atoms with E-state index in [0.29, 0.717) is 110 Å². The molecule has 73 heavy (non-hydrogen) atoms. The smallest absolute Gasteiger partial charge is 0.238 e. The van der Waals surface area contributed by atoms with Gasteiger partial charge in [-0.3, -0.25) is 34.2 Å². The van der Waals surface area contributed by atoms with Crippen LogP contribution in [-0.4, -0.2) is 140 Å². The van der Waals surface area contributed by atoms with Crippen molar-refractivity contribution in [3.63, 3.8) is 0 Å². The highest BCUT2D eigenvalue weighted by molar-refractivity contribution is 6.09. The van der Waals surface area contributed by atoms with Gasteiger partial charge in [-0.1, -0.05) is 25.1 Å². The molecule has 9 heterocycles. The number of rotatable bonds is 10. The lowest BCUT2D eigenvalue weighted by atomic mass is 9.72. The van der Waals surface area contributed by atoms with E-state index in [1.54, 1.807) is 6.20 Å². The van der Waals surface area contributed by atoms with Crippen molar-refractivity contribution in [2.75, 3.05) is 67.5 Å². The first-order valence-electron chi connectivity index (χ1n) is 27.4. The number of fused-ring (bicyclic) bond motifs is 3. The molecule has 2 atom stereocenters. The monoisotopic (exact) mass is 996 g/mol. The Hall–Kier alpha value is -5.97. The minimum absolute atomic E-state index is 0.0112. The van der Waals surface area contributed by atoms with Gasteiger partial charge in [0.05, 0.1) is 28.9 Å². The van der Waals surface area contributed by atoms with Gasteiger partial charge in [0.1, 0.15) is 17.5 Å². The lowest BCUT2D eigenvalue weighted by Gasteiger charge is -2.49. The molecule has 386 valence electrons. The van der Waals surface area contributed by atoms with Crippen LogP contribution in [0.4, 0.5) is 21.7 Å². The Balaban J connectivity index is 0.708. The molecule has 2 N–H and O–H groups in total. The summed E-state index contributed by atoms with van der Waals surface area (Å²) < 4.78 is 16.8. The molecule has 8 aliphatic rings. The second-order valence-corrected chi connectivity index (χ2v) is 23.3. The molecule has 16 nitrogen and oxygen atoms in total. The zero-order chi connectivity index (χ0) is 50.3. The number of carbonyl (C=O) groups excluding carboxylic acids is 5. The van der Waals surface area contributed by atoms with E-state index in [0.717, 1.165) is 89.4 Å². The number of imide groups is 1. The number of anilines is 3. The summed E-state index contributed by atoms with van der Waals surface area (Å²) in [4.78, 5) is 93.1. The molecule has 7 fully saturated rings. The van der Waals surface area contributed by atoms with Crippen LogP contribution < -0.4 is 20.4 Å². The van der Waals surface area contributed by atoms with Gasteiger partial charge < -0.3 is 29.5 Å². The maximum atomic E-state index is 15.3. The second kappa shape index (κ2) is 18.8. The first-order chi connectivity index (χ1) is 35.2. The molecular formula is C56H70FN11O5. The topological polar surface area (TPSA) is 169 Å². The Labute approximate surface area is 426 Å². The van der Waals surface area contributed by atoms with E-state index in [9.17, 15) is 23.6 Å². The number of aromatic nitrogens is 4. The summed E-state index contributed by atoms with van der Waals surface area (Å²) >= 11 is 0. The lowest BCUT2D eigenvalue weighted by Crippen LogP contribution is -2.59. The zero-order valence-corrected chi connectivity index (χ0v) is 42.7. The fourth-order valence-corrected chi connectivity index (χ4v) is 13.4. The normalized spacial score (nSPS) is 26.6. The van der Waals surface area contributed by atoms with Crippen LogP contribution in [0.15, 0.2) is 48.9 Å². The molecule has 12 rings (SSSR count). The third kappa shape index (κ3) is 8.74. The summed E-state index contributed by atoms with van der Waals surface area (Å²) in [6.07, 6.45) is 12.7. The molecule has 4 aromatic rings. The van der Waals surface area contributed by atoms with Gasteiger partial charge in [0.15, 0.2) is 5.82 Å². The second-order valence-electron chi connectivity index (χ2n) is 23.3. The molecule has 5 amide bonds. The summed E-state index contributed by atoms with van der Waals surface area (Å²) in [5.74, 6) is 1.08. The number of alkyl halides is 1. The van der Waals surface area contributed by atoms with Crippen LogP contribution in [0.1, 0.15) is 134 Å². The molecule has 6 aliphatic heterocycles. The highest BCUT2D eigenvalue weighted by atomic mass is 19.1. The summed E-state index contributed by atoms with van der Waals surface area (Å²) in [7, 11) is 0. The molecule has 2 saturated carbocycles. The Kier molecular flexibility index (Phi) is 12.3. The van der Waals surface area contributed by atoms with Gasteiger partial charge in [-0.15, -0.1) is 0 Å². The Morgan fingerprint density at radius 3 is 2.27 bits per heavy atom. The highest BCUT2D eigenvalue weighted by Gasteiger charge is 2.57. The highest BCUT2D eigenvalue weighted by Crippen LogP contribution is 2.53. The van der Waals surface area contributed by atoms with Gasteiger partial charge in [0.2, 0.25) is 29.5 Å². The number of hydrogen-bond acceptors (Lipinski definition) is 11. The number of imidazole rings is 1. The van der Waals surface area contributed by atoms with Crippen LogP contribution >= 0.6 is 0 Å². The van der Waals surface area contributed by atoms with E-state index < -0.39 is 17.0 Å². The van der Waals surface area contributed by atoms with Crippen molar-refractivity contribution in [2.45, 2.75) is 152 Å². The van der Waals surface area contributed by atoms with Crippen LogP contribution in [0.3, 0.4) is 0 Å². The third-order valence-electron chi connectivity index (χ3n) is 18.3. The first-order valence-corrected chi connectivity index (χ1v) is 27.4. The number of carbonyl (C=O) groups is 5. The number of benzene rings is 1. The van der Waals surface area contributed by atoms with Crippen molar-refractivity contribution < 1.29 is 28.4 Å². The van der Waals surface area contributed by atoms with E-state index in [2.05, 4.69) is 79.9 Å². The Morgan fingerprint density at radius 2 is 1.59 bits per heavy atom. The van der Waals surface area contributed by atoms with Crippen molar-refractivity contribution in [3.8, 4) is 11.3 Å². The van der Waals surface area contributed by atoms with Gasteiger partial charge in [-0.05, 0) is 133 Å². The molecule has 0 bridgehead atoms. The number of pyridine rings is 2. The maximum Gasteiger partial charge on any atom is 0.238 e. The van der Waals surface area contributed by atoms with Crippen molar-refractivity contribution >= 4 is 57.9 Å². The van der Waals surface area contributed by atoms with E-state index in [-0.39, 0.29) is 59.5 Å². The Bertz CT molecular complexity index is 2820. The lowest BCUT2D eigenvalue weighted by molar-refractivity contribution is -0.150. The summed E-state index contributed by atoms with van der Waals surface area (Å²) in [5.41, 5.74) is 5.05. The minimum Gasteiger partial charge on any atom is -0.366 e. The number of nitrogens with zero attached hydrogens (tertiary/aromatic N) is 9. The zero-order valence-electron chi connectivity index (χ0n) is 42.7. The average Bonchev–Trinajstić information content (AvgIpc) is 4.05. The molecule has 2 aliphatic carbocycles. The van der Waals surface area contributed by atoms with E-state index in [1.807, 2.05) is 28.3 Å². The van der Waals surface area contributed by atoms with Gasteiger partial charge in [0, 0.05) is 105 Å². The molecule has 17 heteroatoms. The van der Waals surface area contributed by atoms with E-state index in [1.165, 1.54) is 0 Å². The summed E-state index contributed by atoms with van der Waals surface area (Å²) in [6.45, 7) is 11.2. The number of nitrogens with one attached hydrogen (secondary N) is 2. The molecule has 1 spiro atoms. The van der Waals surface area contributed by atoms with Crippen LogP contribution in [0.25, 0.3) is 22.3 Å². The molecule has 0 radical (unpaired) electrons. The number of amides is 5. The number of hydrogen-bond donors (Lipinski definition) is 2. The number of halogens is 1. The van der Waals surface area contributed by atoms with Crippen molar-refractivity contribution in [1.82, 2.24) is 39.5 Å². The first kappa shape index (κ1) is 48.0. The van der Waals surface area contributed by atoms with Crippen LogP contribution in [0, 0.1) is 11.3 Å².